The molecular formula is C27H28N4O3S. The van der Waals surface area contributed by atoms with E-state index in [0.717, 1.165) is 35.2 Å². The fourth-order valence-electron chi connectivity index (χ4n) is 4.53. The minimum Gasteiger partial charge on any atom is -0.372 e. The zero-order valence-corrected chi connectivity index (χ0v) is 20.5. The van der Waals surface area contributed by atoms with Crippen LogP contribution >= 0.6 is 0 Å². The molecule has 0 atom stereocenters. The van der Waals surface area contributed by atoms with Crippen molar-refractivity contribution in [3.8, 4) is 0 Å². The molecule has 1 aliphatic heterocycles. The molecule has 1 aromatic heterocycles. The molecule has 8 heteroatoms. The molecule has 0 radical (unpaired) electrons. The van der Waals surface area contributed by atoms with Gasteiger partial charge >= 0.3 is 0 Å². The lowest BCUT2D eigenvalue weighted by molar-refractivity contribution is 0.102. The zero-order chi connectivity index (χ0) is 24.4. The second-order valence-corrected chi connectivity index (χ2v) is 11.0. The molecule has 1 N–H and O–H groups in total. The van der Waals surface area contributed by atoms with Crippen LogP contribution in [0.15, 0.2) is 77.7 Å². The Morgan fingerprint density at radius 3 is 2.29 bits per heavy atom. The second kappa shape index (κ2) is 9.54. The Bertz CT molecular complexity index is 1450. The van der Waals surface area contributed by atoms with E-state index in [1.807, 2.05) is 36.4 Å². The van der Waals surface area contributed by atoms with E-state index in [0.29, 0.717) is 12.2 Å². The van der Waals surface area contributed by atoms with Crippen LogP contribution in [0, 0.1) is 0 Å². The summed E-state index contributed by atoms with van der Waals surface area (Å²) in [6.07, 6.45) is 4.92. The van der Waals surface area contributed by atoms with Gasteiger partial charge in [0.2, 0.25) is 0 Å². The maximum absolute atomic E-state index is 13.2. The molecule has 180 valence electrons. The Labute approximate surface area is 205 Å². The van der Waals surface area contributed by atoms with Crippen LogP contribution in [0.1, 0.15) is 35.3 Å². The highest BCUT2D eigenvalue weighted by atomic mass is 32.2. The summed E-state index contributed by atoms with van der Waals surface area (Å²) in [6, 6.07) is 22.3. The number of sulfone groups is 1. The molecule has 1 amide bonds. The topological polar surface area (TPSA) is 84.3 Å². The van der Waals surface area contributed by atoms with Crippen LogP contribution in [-0.2, 0) is 16.4 Å². The largest absolute Gasteiger partial charge is 0.372 e. The number of benzene rings is 3. The molecule has 5 rings (SSSR count). The van der Waals surface area contributed by atoms with Gasteiger partial charge in [0, 0.05) is 36.1 Å². The third-order valence-corrected chi connectivity index (χ3v) is 7.53. The molecule has 1 aliphatic rings. The van der Waals surface area contributed by atoms with Crippen molar-refractivity contribution in [2.24, 2.45) is 0 Å². The SMILES string of the molecule is CS(=O)(=O)c1ccc(Cn2nc(C(=O)Nc3ccc(N4CCCCC4)cc3)c3ccccc32)cc1. The number of rotatable bonds is 6. The molecule has 0 saturated carbocycles. The lowest BCUT2D eigenvalue weighted by Gasteiger charge is -2.28. The minimum absolute atomic E-state index is 0.266. The highest BCUT2D eigenvalue weighted by Gasteiger charge is 2.18. The van der Waals surface area contributed by atoms with Crippen molar-refractivity contribution in [2.75, 3.05) is 29.6 Å². The van der Waals surface area contributed by atoms with Crippen LogP contribution in [0.2, 0.25) is 0 Å². The molecule has 0 spiro atoms. The molecule has 0 unspecified atom stereocenters. The summed E-state index contributed by atoms with van der Waals surface area (Å²) in [5.74, 6) is -0.266. The Hall–Kier alpha value is -3.65. The summed E-state index contributed by atoms with van der Waals surface area (Å²) >= 11 is 0. The average Bonchev–Trinajstić information content (AvgIpc) is 3.23. The Morgan fingerprint density at radius 1 is 0.914 bits per heavy atom. The number of hydrogen-bond donors (Lipinski definition) is 1. The van der Waals surface area contributed by atoms with Gasteiger partial charge in [-0.2, -0.15) is 5.10 Å². The lowest BCUT2D eigenvalue weighted by atomic mass is 10.1. The predicted molar refractivity (Wildman–Crippen MR) is 139 cm³/mol. The van der Waals surface area contributed by atoms with Crippen LogP contribution in [0.5, 0.6) is 0 Å². The molecule has 35 heavy (non-hydrogen) atoms. The Balaban J connectivity index is 1.36. The van der Waals surface area contributed by atoms with E-state index in [1.54, 1.807) is 28.9 Å². The zero-order valence-electron chi connectivity index (χ0n) is 19.6. The summed E-state index contributed by atoms with van der Waals surface area (Å²) in [5.41, 5.74) is 4.00. The van der Waals surface area contributed by atoms with Crippen molar-refractivity contribution in [3.05, 3.63) is 84.1 Å². The number of anilines is 2. The van der Waals surface area contributed by atoms with Crippen LogP contribution < -0.4 is 10.2 Å². The smallest absolute Gasteiger partial charge is 0.276 e. The summed E-state index contributed by atoms with van der Waals surface area (Å²) in [4.78, 5) is 15.8. The van der Waals surface area contributed by atoms with E-state index in [1.165, 1.54) is 31.2 Å². The first kappa shape index (κ1) is 23.1. The monoisotopic (exact) mass is 488 g/mol. The van der Waals surface area contributed by atoms with Gasteiger partial charge in [0.05, 0.1) is 17.0 Å². The van der Waals surface area contributed by atoms with Crippen molar-refractivity contribution in [1.29, 1.82) is 0 Å². The van der Waals surface area contributed by atoms with Gasteiger partial charge in [-0.1, -0.05) is 30.3 Å². The molecule has 1 fully saturated rings. The maximum Gasteiger partial charge on any atom is 0.276 e. The van der Waals surface area contributed by atoms with Gasteiger partial charge in [0.1, 0.15) is 0 Å². The maximum atomic E-state index is 13.2. The molecule has 1 saturated heterocycles. The fraction of sp³-hybridized carbons (Fsp3) is 0.259. The van der Waals surface area contributed by atoms with Crippen molar-refractivity contribution in [3.63, 3.8) is 0 Å². The summed E-state index contributed by atoms with van der Waals surface area (Å²) in [5, 5.41) is 8.37. The van der Waals surface area contributed by atoms with E-state index in [-0.39, 0.29) is 10.8 Å². The normalized spacial score (nSPS) is 14.3. The third-order valence-electron chi connectivity index (χ3n) is 6.40. The second-order valence-electron chi connectivity index (χ2n) is 8.99. The highest BCUT2D eigenvalue weighted by Crippen LogP contribution is 2.24. The molecule has 3 aromatic carbocycles. The van der Waals surface area contributed by atoms with Crippen molar-refractivity contribution in [1.82, 2.24) is 9.78 Å². The van der Waals surface area contributed by atoms with E-state index in [4.69, 9.17) is 0 Å². The van der Waals surface area contributed by atoms with E-state index < -0.39 is 9.84 Å². The average molecular weight is 489 g/mol. The predicted octanol–water partition coefficient (Wildman–Crippen LogP) is 4.73. The standard InChI is InChI=1S/C27H28N4O3S/c1-35(33,34)23-15-9-20(10-16-23)19-31-25-8-4-3-7-24(25)26(29-31)27(32)28-21-11-13-22(14-12-21)30-17-5-2-6-18-30/h3-4,7-16H,2,5-6,17-19H2,1H3,(H,28,32). The number of nitrogens with zero attached hydrogens (tertiary/aromatic N) is 3. The van der Waals surface area contributed by atoms with Crippen LogP contribution in [0.25, 0.3) is 10.9 Å². The molecule has 7 nitrogen and oxygen atoms in total. The molecular weight excluding hydrogens is 460 g/mol. The van der Waals surface area contributed by atoms with Gasteiger partial charge in [-0.05, 0) is 67.3 Å². The molecule has 2 heterocycles. The molecule has 0 aliphatic carbocycles. The summed E-state index contributed by atoms with van der Waals surface area (Å²) in [7, 11) is -3.25. The first-order valence-corrected chi connectivity index (χ1v) is 13.7. The van der Waals surface area contributed by atoms with Crippen LogP contribution in [0.3, 0.4) is 0 Å². The highest BCUT2D eigenvalue weighted by molar-refractivity contribution is 7.90. The van der Waals surface area contributed by atoms with Crippen molar-refractivity contribution < 1.29 is 13.2 Å². The Morgan fingerprint density at radius 2 is 1.60 bits per heavy atom. The van der Waals surface area contributed by atoms with Crippen LogP contribution in [-0.4, -0.2) is 43.5 Å². The number of hydrogen-bond acceptors (Lipinski definition) is 5. The van der Waals surface area contributed by atoms with Crippen molar-refractivity contribution >= 4 is 38.0 Å². The molecule has 0 bridgehead atoms. The third kappa shape index (κ3) is 5.07. The van der Waals surface area contributed by atoms with E-state index in [9.17, 15) is 13.2 Å². The number of para-hydroxylation sites is 1. The van der Waals surface area contributed by atoms with Gasteiger partial charge in [0.15, 0.2) is 15.5 Å². The number of amides is 1. The fourth-order valence-corrected chi connectivity index (χ4v) is 5.16. The van der Waals surface area contributed by atoms with Gasteiger partial charge in [0.25, 0.3) is 5.91 Å². The Kier molecular flexibility index (Phi) is 6.30. The number of aromatic nitrogens is 2. The first-order chi connectivity index (χ1) is 16.9. The summed E-state index contributed by atoms with van der Waals surface area (Å²) in [6.45, 7) is 2.57. The van der Waals surface area contributed by atoms with Gasteiger partial charge in [-0.25, -0.2) is 8.42 Å². The minimum atomic E-state index is -3.25. The number of nitrogens with one attached hydrogen (secondary N) is 1. The first-order valence-electron chi connectivity index (χ1n) is 11.8. The lowest BCUT2D eigenvalue weighted by Crippen LogP contribution is -2.29. The van der Waals surface area contributed by atoms with Gasteiger partial charge < -0.3 is 10.2 Å². The van der Waals surface area contributed by atoms with Crippen LogP contribution in [0.4, 0.5) is 11.4 Å². The van der Waals surface area contributed by atoms with E-state index in [2.05, 4.69) is 27.4 Å². The number of fused-ring (bicyclic) bond motifs is 1. The summed E-state index contributed by atoms with van der Waals surface area (Å²) < 4.78 is 25.3. The number of piperidine rings is 1. The number of carbonyl (C=O) groups excluding carboxylic acids is 1. The van der Waals surface area contributed by atoms with Gasteiger partial charge in [-0.15, -0.1) is 0 Å². The van der Waals surface area contributed by atoms with E-state index >= 15 is 0 Å². The number of carbonyl (C=O) groups is 1. The quantitative estimate of drug-likeness (QED) is 0.424. The molecule has 4 aromatic rings. The van der Waals surface area contributed by atoms with Gasteiger partial charge in [-0.3, -0.25) is 9.48 Å². The van der Waals surface area contributed by atoms with Crippen molar-refractivity contribution in [2.45, 2.75) is 30.7 Å².